The molecular weight excluding hydrogens is 385 g/mol. The Balaban J connectivity index is 1.44. The Morgan fingerprint density at radius 1 is 0.806 bits per heavy atom. The van der Waals surface area contributed by atoms with Crippen molar-refractivity contribution < 1.29 is 4.39 Å². The van der Waals surface area contributed by atoms with Crippen LogP contribution in [-0.2, 0) is 32.1 Å². The molecule has 0 saturated carbocycles. The number of benzene rings is 3. The number of hydrogen-bond acceptors (Lipinski definition) is 3. The first-order chi connectivity index (χ1) is 15.2. The second kappa shape index (κ2) is 9.49. The fourth-order valence-corrected chi connectivity index (χ4v) is 3.71. The lowest BCUT2D eigenvalue weighted by Gasteiger charge is -2.09. The molecule has 1 aromatic heterocycles. The lowest BCUT2D eigenvalue weighted by atomic mass is 9.98. The summed E-state index contributed by atoms with van der Waals surface area (Å²) in [6.07, 6.45) is 7.66. The van der Waals surface area contributed by atoms with E-state index < -0.39 is 0 Å². The van der Waals surface area contributed by atoms with Crippen LogP contribution in [0.15, 0.2) is 67.0 Å². The number of rotatable bonds is 7. The standard InChI is InChI=1S/C27H24FN3/c1-2-19-17-30-26(31-18-19)14-9-21-8-13-25-24(15-21)12-11-23(27(25)28)10-7-20-3-5-22(16-29)6-4-20/h3-6,8,11-13,15,17-18H,2,7,9-10,14H2,1H3. The predicted octanol–water partition coefficient (Wildman–Crippen LogP) is 5.77. The van der Waals surface area contributed by atoms with Gasteiger partial charge in [-0.2, -0.15) is 5.26 Å². The Kier molecular flexibility index (Phi) is 6.33. The van der Waals surface area contributed by atoms with Crippen molar-refractivity contribution in [2.75, 3.05) is 0 Å². The van der Waals surface area contributed by atoms with Crippen LogP contribution >= 0.6 is 0 Å². The van der Waals surface area contributed by atoms with Gasteiger partial charge in [-0.1, -0.05) is 49.4 Å². The summed E-state index contributed by atoms with van der Waals surface area (Å²) < 4.78 is 15.1. The van der Waals surface area contributed by atoms with E-state index in [0.29, 0.717) is 22.9 Å². The molecule has 0 atom stereocenters. The zero-order valence-corrected chi connectivity index (χ0v) is 17.6. The van der Waals surface area contributed by atoms with Crippen molar-refractivity contribution in [1.82, 2.24) is 9.97 Å². The molecule has 0 spiro atoms. The van der Waals surface area contributed by atoms with Crippen LogP contribution in [0.3, 0.4) is 0 Å². The maximum atomic E-state index is 15.1. The van der Waals surface area contributed by atoms with E-state index in [1.54, 1.807) is 12.1 Å². The second-order valence-electron chi connectivity index (χ2n) is 7.76. The van der Waals surface area contributed by atoms with E-state index in [1.165, 1.54) is 0 Å². The lowest BCUT2D eigenvalue weighted by Crippen LogP contribution is -1.99. The fraction of sp³-hybridized carbons (Fsp3) is 0.222. The summed E-state index contributed by atoms with van der Waals surface area (Å²) in [5, 5.41) is 10.5. The molecule has 3 aromatic carbocycles. The number of aromatic nitrogens is 2. The summed E-state index contributed by atoms with van der Waals surface area (Å²) in [6, 6.07) is 19.4. The van der Waals surface area contributed by atoms with Gasteiger partial charge in [0.25, 0.3) is 0 Å². The van der Waals surface area contributed by atoms with Crippen molar-refractivity contribution in [1.29, 1.82) is 5.26 Å². The molecule has 4 rings (SSSR count). The first-order valence-corrected chi connectivity index (χ1v) is 10.6. The normalized spacial score (nSPS) is 10.9. The quantitative estimate of drug-likeness (QED) is 0.389. The number of hydrogen-bond donors (Lipinski definition) is 0. The highest BCUT2D eigenvalue weighted by Crippen LogP contribution is 2.24. The summed E-state index contributed by atoms with van der Waals surface area (Å²) in [4.78, 5) is 8.84. The molecule has 0 fully saturated rings. The van der Waals surface area contributed by atoms with Crippen molar-refractivity contribution in [2.24, 2.45) is 0 Å². The van der Waals surface area contributed by atoms with Crippen LogP contribution in [-0.4, -0.2) is 9.97 Å². The van der Waals surface area contributed by atoms with Gasteiger partial charge in [-0.3, -0.25) is 0 Å². The van der Waals surface area contributed by atoms with Gasteiger partial charge in [0.05, 0.1) is 11.6 Å². The molecule has 0 unspecified atom stereocenters. The minimum atomic E-state index is -0.142. The second-order valence-corrected chi connectivity index (χ2v) is 7.76. The molecule has 0 N–H and O–H groups in total. The van der Waals surface area contributed by atoms with E-state index in [4.69, 9.17) is 5.26 Å². The third kappa shape index (κ3) is 4.95. The van der Waals surface area contributed by atoms with Gasteiger partial charge in [0.15, 0.2) is 0 Å². The van der Waals surface area contributed by atoms with E-state index in [0.717, 1.165) is 53.6 Å². The molecule has 3 nitrogen and oxygen atoms in total. The van der Waals surface area contributed by atoms with Gasteiger partial charge in [0.1, 0.15) is 11.6 Å². The Morgan fingerprint density at radius 3 is 2.23 bits per heavy atom. The summed E-state index contributed by atoms with van der Waals surface area (Å²) in [5.41, 5.74) is 4.75. The Labute approximate surface area is 182 Å². The van der Waals surface area contributed by atoms with Crippen LogP contribution in [0.5, 0.6) is 0 Å². The zero-order chi connectivity index (χ0) is 21.6. The van der Waals surface area contributed by atoms with Gasteiger partial charge in [0, 0.05) is 24.2 Å². The molecule has 0 aliphatic heterocycles. The maximum Gasteiger partial charge on any atom is 0.134 e. The highest BCUT2D eigenvalue weighted by molar-refractivity contribution is 5.84. The molecule has 31 heavy (non-hydrogen) atoms. The summed E-state index contributed by atoms with van der Waals surface area (Å²) in [6.45, 7) is 2.09. The van der Waals surface area contributed by atoms with Crippen molar-refractivity contribution in [2.45, 2.75) is 39.0 Å². The van der Waals surface area contributed by atoms with Crippen molar-refractivity contribution in [3.8, 4) is 6.07 Å². The number of nitriles is 1. The summed E-state index contributed by atoms with van der Waals surface area (Å²) in [7, 11) is 0. The van der Waals surface area contributed by atoms with Gasteiger partial charge in [-0.15, -0.1) is 0 Å². The van der Waals surface area contributed by atoms with Gasteiger partial charge >= 0.3 is 0 Å². The smallest absolute Gasteiger partial charge is 0.134 e. The van der Waals surface area contributed by atoms with Crippen LogP contribution in [0, 0.1) is 17.1 Å². The van der Waals surface area contributed by atoms with Crippen LogP contribution in [0.2, 0.25) is 0 Å². The molecule has 0 saturated heterocycles. The van der Waals surface area contributed by atoms with E-state index in [9.17, 15) is 0 Å². The van der Waals surface area contributed by atoms with Gasteiger partial charge in [-0.25, -0.2) is 14.4 Å². The number of fused-ring (bicyclic) bond motifs is 1. The Hall–Kier alpha value is -3.58. The SMILES string of the molecule is CCc1cnc(CCc2ccc3c(F)c(CCc4ccc(C#N)cc4)ccc3c2)nc1. The largest absolute Gasteiger partial charge is 0.241 e. The number of nitrogens with zero attached hydrogens (tertiary/aromatic N) is 3. The molecule has 1 heterocycles. The third-order valence-electron chi connectivity index (χ3n) is 5.67. The first kappa shape index (κ1) is 20.7. The molecule has 0 amide bonds. The summed E-state index contributed by atoms with van der Waals surface area (Å²) in [5.74, 6) is 0.692. The molecule has 0 bridgehead atoms. The highest BCUT2D eigenvalue weighted by atomic mass is 19.1. The lowest BCUT2D eigenvalue weighted by molar-refractivity contribution is 0.620. The van der Waals surface area contributed by atoms with Crippen molar-refractivity contribution in [3.63, 3.8) is 0 Å². The van der Waals surface area contributed by atoms with Crippen LogP contribution in [0.25, 0.3) is 10.8 Å². The van der Waals surface area contributed by atoms with Crippen LogP contribution < -0.4 is 0 Å². The van der Waals surface area contributed by atoms with Gasteiger partial charge < -0.3 is 0 Å². The number of aryl methyl sites for hydroxylation is 5. The zero-order valence-electron chi connectivity index (χ0n) is 17.6. The molecular formula is C27H24FN3. The number of halogens is 1. The Morgan fingerprint density at radius 2 is 1.52 bits per heavy atom. The van der Waals surface area contributed by atoms with Gasteiger partial charge in [0.2, 0.25) is 0 Å². The van der Waals surface area contributed by atoms with Crippen LogP contribution in [0.1, 0.15) is 40.6 Å². The molecule has 154 valence electrons. The van der Waals surface area contributed by atoms with E-state index in [2.05, 4.69) is 29.0 Å². The van der Waals surface area contributed by atoms with Crippen molar-refractivity contribution >= 4 is 10.8 Å². The highest BCUT2D eigenvalue weighted by Gasteiger charge is 2.09. The third-order valence-corrected chi connectivity index (χ3v) is 5.67. The maximum absolute atomic E-state index is 15.1. The molecule has 0 radical (unpaired) electrons. The molecule has 4 aromatic rings. The molecule has 0 aliphatic rings. The fourth-order valence-electron chi connectivity index (χ4n) is 3.71. The Bertz CT molecular complexity index is 1220. The van der Waals surface area contributed by atoms with Gasteiger partial charge in [-0.05, 0) is 65.5 Å². The topological polar surface area (TPSA) is 49.6 Å². The average molecular weight is 410 g/mol. The van der Waals surface area contributed by atoms with E-state index in [1.807, 2.05) is 48.8 Å². The summed E-state index contributed by atoms with van der Waals surface area (Å²) >= 11 is 0. The van der Waals surface area contributed by atoms with Crippen LogP contribution in [0.4, 0.5) is 4.39 Å². The average Bonchev–Trinajstić information content (AvgIpc) is 2.83. The minimum Gasteiger partial charge on any atom is -0.241 e. The molecule has 0 aliphatic carbocycles. The van der Waals surface area contributed by atoms with E-state index >= 15 is 4.39 Å². The monoisotopic (exact) mass is 409 g/mol. The minimum absolute atomic E-state index is 0.142. The van der Waals surface area contributed by atoms with Crippen molar-refractivity contribution in [3.05, 3.63) is 106 Å². The predicted molar refractivity (Wildman–Crippen MR) is 121 cm³/mol. The molecule has 4 heteroatoms. The first-order valence-electron chi connectivity index (χ1n) is 10.6. The van der Waals surface area contributed by atoms with E-state index in [-0.39, 0.29) is 5.82 Å².